The van der Waals surface area contributed by atoms with Gasteiger partial charge in [0, 0.05) is 11.6 Å². The standard InChI is InChI=1S/C6H12N2O.BrH/c1-4(6(8)9)3-5(2)7;/h3,5H,7H2,1-2H3,(H2,8,9);1H/b4-3+;. The molecule has 0 aromatic heterocycles. The first kappa shape index (κ1) is 12.3. The van der Waals surface area contributed by atoms with E-state index in [2.05, 4.69) is 0 Å². The molecule has 1 atom stereocenters. The highest BCUT2D eigenvalue weighted by Crippen LogP contribution is 1.91. The van der Waals surface area contributed by atoms with Crippen LogP contribution in [-0.4, -0.2) is 11.9 Å². The highest BCUT2D eigenvalue weighted by Gasteiger charge is 1.96. The molecule has 0 rings (SSSR count). The van der Waals surface area contributed by atoms with Crippen LogP contribution in [0, 0.1) is 0 Å². The summed E-state index contributed by atoms with van der Waals surface area (Å²) in [5.41, 5.74) is 10.8. The summed E-state index contributed by atoms with van der Waals surface area (Å²) in [7, 11) is 0. The number of primary amides is 1. The van der Waals surface area contributed by atoms with E-state index >= 15 is 0 Å². The molecule has 0 aliphatic heterocycles. The molecule has 0 radical (unpaired) electrons. The number of halogens is 1. The highest BCUT2D eigenvalue weighted by atomic mass is 79.9. The van der Waals surface area contributed by atoms with Gasteiger partial charge in [0.2, 0.25) is 5.91 Å². The zero-order chi connectivity index (χ0) is 7.44. The van der Waals surface area contributed by atoms with Crippen molar-refractivity contribution < 1.29 is 4.79 Å². The van der Waals surface area contributed by atoms with Gasteiger partial charge in [0.15, 0.2) is 0 Å². The maximum Gasteiger partial charge on any atom is 0.244 e. The van der Waals surface area contributed by atoms with Gasteiger partial charge in [0.05, 0.1) is 0 Å². The number of rotatable bonds is 2. The van der Waals surface area contributed by atoms with Crippen molar-refractivity contribution in [1.29, 1.82) is 0 Å². The summed E-state index contributed by atoms with van der Waals surface area (Å²) in [4.78, 5) is 10.3. The summed E-state index contributed by atoms with van der Waals surface area (Å²) in [6.07, 6.45) is 1.63. The molecule has 60 valence electrons. The Labute approximate surface area is 71.2 Å². The highest BCUT2D eigenvalue weighted by molar-refractivity contribution is 8.93. The largest absolute Gasteiger partial charge is 0.366 e. The fraction of sp³-hybridized carbons (Fsp3) is 0.500. The van der Waals surface area contributed by atoms with Crippen molar-refractivity contribution in [2.45, 2.75) is 19.9 Å². The molecule has 0 aromatic carbocycles. The molecule has 0 fully saturated rings. The van der Waals surface area contributed by atoms with Crippen molar-refractivity contribution in [3.8, 4) is 0 Å². The molecule has 1 amide bonds. The molecule has 0 heterocycles. The Kier molecular flexibility index (Phi) is 6.71. The number of carbonyl (C=O) groups is 1. The number of carbonyl (C=O) groups excluding carboxylic acids is 1. The van der Waals surface area contributed by atoms with Crippen LogP contribution < -0.4 is 11.5 Å². The minimum absolute atomic E-state index is 0. The Morgan fingerprint density at radius 3 is 2.10 bits per heavy atom. The average Bonchev–Trinajstić information content (AvgIpc) is 1.63. The molecule has 0 spiro atoms. The van der Waals surface area contributed by atoms with E-state index in [1.54, 1.807) is 19.9 Å². The molecule has 4 N–H and O–H groups in total. The van der Waals surface area contributed by atoms with Gasteiger partial charge in [-0.25, -0.2) is 0 Å². The summed E-state index contributed by atoms with van der Waals surface area (Å²) < 4.78 is 0. The first-order valence-electron chi connectivity index (χ1n) is 2.78. The third-order valence-electron chi connectivity index (χ3n) is 0.902. The molecule has 3 nitrogen and oxygen atoms in total. The van der Waals surface area contributed by atoms with Crippen LogP contribution >= 0.6 is 17.0 Å². The molecular weight excluding hydrogens is 196 g/mol. The van der Waals surface area contributed by atoms with E-state index in [0.29, 0.717) is 5.57 Å². The zero-order valence-corrected chi connectivity index (χ0v) is 7.84. The van der Waals surface area contributed by atoms with Crippen LogP contribution in [0.1, 0.15) is 13.8 Å². The van der Waals surface area contributed by atoms with E-state index in [0.717, 1.165) is 0 Å². The first-order valence-corrected chi connectivity index (χ1v) is 2.78. The number of amides is 1. The van der Waals surface area contributed by atoms with Gasteiger partial charge in [-0.15, -0.1) is 17.0 Å². The van der Waals surface area contributed by atoms with Crippen LogP contribution in [0.25, 0.3) is 0 Å². The molecule has 4 heteroatoms. The van der Waals surface area contributed by atoms with Crippen LogP contribution in [0.3, 0.4) is 0 Å². The lowest BCUT2D eigenvalue weighted by Crippen LogP contribution is -2.17. The second-order valence-electron chi connectivity index (χ2n) is 2.07. The van der Waals surface area contributed by atoms with Crippen molar-refractivity contribution in [2.75, 3.05) is 0 Å². The Morgan fingerprint density at radius 2 is 2.00 bits per heavy atom. The Morgan fingerprint density at radius 1 is 1.60 bits per heavy atom. The Balaban J connectivity index is 0. The number of hydrogen-bond donors (Lipinski definition) is 2. The van der Waals surface area contributed by atoms with Gasteiger partial charge < -0.3 is 11.5 Å². The van der Waals surface area contributed by atoms with E-state index in [1.807, 2.05) is 0 Å². The maximum absolute atomic E-state index is 10.3. The lowest BCUT2D eigenvalue weighted by atomic mass is 10.2. The molecule has 10 heavy (non-hydrogen) atoms. The minimum Gasteiger partial charge on any atom is -0.366 e. The van der Waals surface area contributed by atoms with Crippen molar-refractivity contribution >= 4 is 22.9 Å². The zero-order valence-electron chi connectivity index (χ0n) is 6.13. The van der Waals surface area contributed by atoms with Crippen molar-refractivity contribution in [1.82, 2.24) is 0 Å². The summed E-state index contributed by atoms with van der Waals surface area (Å²) in [5, 5.41) is 0. The van der Waals surface area contributed by atoms with E-state index in [1.165, 1.54) is 0 Å². The molecule has 0 saturated heterocycles. The molecule has 0 aliphatic rings. The third-order valence-corrected chi connectivity index (χ3v) is 0.902. The van der Waals surface area contributed by atoms with Crippen molar-refractivity contribution in [2.24, 2.45) is 11.5 Å². The number of nitrogens with two attached hydrogens (primary N) is 2. The fourth-order valence-electron chi connectivity index (χ4n) is 0.476. The molecule has 1 unspecified atom stereocenters. The van der Waals surface area contributed by atoms with Crippen LogP contribution in [0.2, 0.25) is 0 Å². The normalized spacial score (nSPS) is 13.7. The quantitative estimate of drug-likeness (QED) is 0.644. The summed E-state index contributed by atoms with van der Waals surface area (Å²) in [5.74, 6) is -0.410. The second kappa shape index (κ2) is 5.44. The van der Waals surface area contributed by atoms with Crippen molar-refractivity contribution in [3.05, 3.63) is 11.6 Å². The first-order chi connectivity index (χ1) is 4.04. The van der Waals surface area contributed by atoms with Gasteiger partial charge >= 0.3 is 0 Å². The van der Waals surface area contributed by atoms with E-state index in [9.17, 15) is 4.79 Å². The van der Waals surface area contributed by atoms with Crippen molar-refractivity contribution in [3.63, 3.8) is 0 Å². The number of hydrogen-bond acceptors (Lipinski definition) is 2. The predicted molar refractivity (Wildman–Crippen MR) is 46.9 cm³/mol. The SMILES string of the molecule is Br.C/C(=C\C(C)N)C(N)=O. The topological polar surface area (TPSA) is 69.1 Å². The molecule has 0 aromatic rings. The van der Waals surface area contributed by atoms with E-state index in [4.69, 9.17) is 11.5 Å². The average molecular weight is 209 g/mol. The Bertz CT molecular complexity index is 143. The predicted octanol–water partition coefficient (Wildman–Crippen LogP) is 0.343. The molecule has 0 bridgehead atoms. The maximum atomic E-state index is 10.3. The van der Waals surface area contributed by atoms with Crippen LogP contribution in [0.4, 0.5) is 0 Å². The Hall–Kier alpha value is -0.350. The van der Waals surface area contributed by atoms with E-state index in [-0.39, 0.29) is 23.0 Å². The summed E-state index contributed by atoms with van der Waals surface area (Å²) in [6, 6.07) is -0.0995. The smallest absolute Gasteiger partial charge is 0.244 e. The van der Waals surface area contributed by atoms with Gasteiger partial charge in [-0.1, -0.05) is 6.08 Å². The molecule has 0 aliphatic carbocycles. The second-order valence-corrected chi connectivity index (χ2v) is 2.07. The summed E-state index contributed by atoms with van der Waals surface area (Å²) >= 11 is 0. The third kappa shape index (κ3) is 5.78. The van der Waals surface area contributed by atoms with Gasteiger partial charge in [-0.05, 0) is 13.8 Å². The van der Waals surface area contributed by atoms with Crippen LogP contribution in [-0.2, 0) is 4.79 Å². The van der Waals surface area contributed by atoms with Crippen LogP contribution in [0.15, 0.2) is 11.6 Å². The fourth-order valence-corrected chi connectivity index (χ4v) is 0.476. The van der Waals surface area contributed by atoms with Crippen LogP contribution in [0.5, 0.6) is 0 Å². The minimum atomic E-state index is -0.410. The molecular formula is C6H13BrN2O. The lowest BCUT2D eigenvalue weighted by molar-refractivity contribution is -0.114. The lowest BCUT2D eigenvalue weighted by Gasteiger charge is -1.96. The van der Waals surface area contributed by atoms with Gasteiger partial charge in [-0.3, -0.25) is 4.79 Å². The summed E-state index contributed by atoms with van der Waals surface area (Å²) in [6.45, 7) is 3.43. The molecule has 0 saturated carbocycles. The van der Waals surface area contributed by atoms with Gasteiger partial charge in [0.1, 0.15) is 0 Å². The monoisotopic (exact) mass is 208 g/mol. The van der Waals surface area contributed by atoms with Gasteiger partial charge in [-0.2, -0.15) is 0 Å². The van der Waals surface area contributed by atoms with Gasteiger partial charge in [0.25, 0.3) is 0 Å². The van der Waals surface area contributed by atoms with E-state index < -0.39 is 5.91 Å².